The first-order valence-electron chi connectivity index (χ1n) is 11.2. The zero-order valence-corrected chi connectivity index (χ0v) is 19.6. The fourth-order valence-electron chi connectivity index (χ4n) is 3.97. The largest absolute Gasteiger partial charge is 0.449 e. The van der Waals surface area contributed by atoms with Gasteiger partial charge in [-0.3, -0.25) is 4.79 Å². The van der Waals surface area contributed by atoms with Gasteiger partial charge in [0.2, 0.25) is 0 Å². The van der Waals surface area contributed by atoms with Crippen LogP contribution in [0.4, 0.5) is 10.1 Å². The van der Waals surface area contributed by atoms with E-state index in [9.17, 15) is 14.0 Å². The van der Waals surface area contributed by atoms with E-state index in [1.807, 2.05) is 48.5 Å². The number of rotatable bonds is 6. The van der Waals surface area contributed by atoms with Crippen LogP contribution >= 0.6 is 11.3 Å². The summed E-state index contributed by atoms with van der Waals surface area (Å²) in [4.78, 5) is 30.8. The summed E-state index contributed by atoms with van der Waals surface area (Å²) in [5.74, 6) is -1.77. The topological polar surface area (TPSA) is 68.3 Å². The number of esters is 1. The highest BCUT2D eigenvalue weighted by Gasteiger charge is 2.25. The first kappa shape index (κ1) is 22.7. The van der Waals surface area contributed by atoms with E-state index < -0.39 is 23.8 Å². The highest BCUT2D eigenvalue weighted by atomic mass is 32.1. The summed E-state index contributed by atoms with van der Waals surface area (Å²) < 4.78 is 20.7. The van der Waals surface area contributed by atoms with Crippen LogP contribution in [0.1, 0.15) is 23.7 Å². The second kappa shape index (κ2) is 9.64. The Morgan fingerprint density at radius 2 is 1.71 bits per heavy atom. The van der Waals surface area contributed by atoms with Crippen molar-refractivity contribution in [3.05, 3.63) is 96.3 Å². The number of anilines is 1. The molecule has 5 nitrogen and oxygen atoms in total. The minimum Gasteiger partial charge on any atom is -0.449 e. The molecule has 1 heterocycles. The molecule has 35 heavy (non-hydrogen) atoms. The Labute approximate surface area is 205 Å². The standard InChI is InChI=1S/C28H21FN2O3S/c1-2-23(26(32)30-21-14-4-3-13-20(21)29)34-28(33)19-12-8-10-17-9-7-11-18(25(17)19)27-31-22-15-5-6-16-24(22)35-27/h3-16,23H,2H2,1H3,(H,30,32). The Kier molecular flexibility index (Phi) is 6.25. The summed E-state index contributed by atoms with van der Waals surface area (Å²) in [6.07, 6.45) is -0.839. The zero-order chi connectivity index (χ0) is 24.4. The van der Waals surface area contributed by atoms with E-state index in [-0.39, 0.29) is 12.1 Å². The molecule has 1 amide bonds. The number of carbonyl (C=O) groups excluding carboxylic acids is 2. The van der Waals surface area contributed by atoms with Gasteiger partial charge in [0.15, 0.2) is 6.10 Å². The number of fused-ring (bicyclic) bond motifs is 2. The summed E-state index contributed by atoms with van der Waals surface area (Å²) in [7, 11) is 0. The number of amides is 1. The van der Waals surface area contributed by atoms with E-state index in [4.69, 9.17) is 9.72 Å². The molecule has 0 saturated carbocycles. The number of nitrogens with one attached hydrogen (secondary N) is 1. The maximum absolute atomic E-state index is 14.0. The van der Waals surface area contributed by atoms with Gasteiger partial charge in [-0.15, -0.1) is 11.3 Å². The van der Waals surface area contributed by atoms with Gasteiger partial charge in [0.05, 0.1) is 21.5 Å². The molecule has 174 valence electrons. The maximum atomic E-state index is 14.0. The SMILES string of the molecule is CCC(OC(=O)c1cccc2cccc(-c3nc4ccccc4s3)c12)C(=O)Nc1ccccc1F. The van der Waals surface area contributed by atoms with Gasteiger partial charge in [0.1, 0.15) is 10.8 Å². The van der Waals surface area contributed by atoms with Crippen molar-refractivity contribution in [2.45, 2.75) is 19.4 Å². The normalized spacial score (nSPS) is 11.9. The molecule has 0 saturated heterocycles. The Morgan fingerprint density at radius 3 is 2.49 bits per heavy atom. The zero-order valence-electron chi connectivity index (χ0n) is 18.8. The minimum absolute atomic E-state index is 0.0373. The lowest BCUT2D eigenvalue weighted by molar-refractivity contribution is -0.124. The second-order valence-corrected chi connectivity index (χ2v) is 9.00. The number of halogens is 1. The molecule has 0 fully saturated rings. The first-order valence-corrected chi connectivity index (χ1v) is 12.0. The summed E-state index contributed by atoms with van der Waals surface area (Å²) in [5.41, 5.74) is 2.09. The molecule has 0 aliphatic carbocycles. The Hall–Kier alpha value is -4.10. The minimum atomic E-state index is -1.08. The smallest absolute Gasteiger partial charge is 0.339 e. The fourth-order valence-corrected chi connectivity index (χ4v) is 4.96. The number of hydrogen-bond donors (Lipinski definition) is 1. The molecular weight excluding hydrogens is 463 g/mol. The van der Waals surface area contributed by atoms with E-state index in [2.05, 4.69) is 5.32 Å². The van der Waals surface area contributed by atoms with Crippen LogP contribution in [-0.2, 0) is 9.53 Å². The predicted molar refractivity (Wildman–Crippen MR) is 137 cm³/mol. The highest BCUT2D eigenvalue weighted by molar-refractivity contribution is 7.21. The van der Waals surface area contributed by atoms with Gasteiger partial charge in [0, 0.05) is 10.9 Å². The van der Waals surface area contributed by atoms with Gasteiger partial charge >= 0.3 is 5.97 Å². The van der Waals surface area contributed by atoms with Crippen LogP contribution in [0.2, 0.25) is 0 Å². The molecule has 0 aliphatic rings. The van der Waals surface area contributed by atoms with E-state index in [1.165, 1.54) is 18.2 Å². The molecule has 5 rings (SSSR count). The van der Waals surface area contributed by atoms with Gasteiger partial charge in [-0.25, -0.2) is 14.2 Å². The number of para-hydroxylation sites is 2. The van der Waals surface area contributed by atoms with Gasteiger partial charge in [-0.2, -0.15) is 0 Å². The molecule has 0 radical (unpaired) electrons. The lowest BCUT2D eigenvalue weighted by Crippen LogP contribution is -2.32. The number of ether oxygens (including phenoxy) is 1. The van der Waals surface area contributed by atoms with Crippen molar-refractivity contribution in [1.29, 1.82) is 0 Å². The van der Waals surface area contributed by atoms with Crippen LogP contribution in [0, 0.1) is 5.82 Å². The van der Waals surface area contributed by atoms with Crippen molar-refractivity contribution in [2.24, 2.45) is 0 Å². The molecular formula is C28H21FN2O3S. The van der Waals surface area contributed by atoms with Crippen LogP contribution < -0.4 is 5.32 Å². The van der Waals surface area contributed by atoms with E-state index in [0.29, 0.717) is 10.9 Å². The van der Waals surface area contributed by atoms with E-state index in [1.54, 1.807) is 36.5 Å². The molecule has 7 heteroatoms. The fraction of sp³-hybridized carbons (Fsp3) is 0.107. The van der Waals surface area contributed by atoms with Crippen molar-refractivity contribution in [3.63, 3.8) is 0 Å². The van der Waals surface area contributed by atoms with Crippen LogP contribution in [0.3, 0.4) is 0 Å². The predicted octanol–water partition coefficient (Wildman–Crippen LogP) is 6.83. The Balaban J connectivity index is 1.48. The van der Waals surface area contributed by atoms with Crippen molar-refractivity contribution >= 4 is 49.9 Å². The lowest BCUT2D eigenvalue weighted by Gasteiger charge is -2.17. The molecule has 0 aliphatic heterocycles. The quantitative estimate of drug-likeness (QED) is 0.268. The van der Waals surface area contributed by atoms with Crippen molar-refractivity contribution in [2.75, 3.05) is 5.32 Å². The summed E-state index contributed by atoms with van der Waals surface area (Å²) in [5, 5.41) is 4.87. The lowest BCUT2D eigenvalue weighted by atomic mass is 9.99. The molecule has 0 bridgehead atoms. The molecule has 1 N–H and O–H groups in total. The third kappa shape index (κ3) is 4.50. The summed E-state index contributed by atoms with van der Waals surface area (Å²) in [6.45, 7) is 1.73. The van der Waals surface area contributed by atoms with Crippen LogP contribution in [-0.4, -0.2) is 23.0 Å². The number of carbonyl (C=O) groups is 2. The molecule has 0 spiro atoms. The number of thiazole rings is 1. The second-order valence-electron chi connectivity index (χ2n) is 7.97. The van der Waals surface area contributed by atoms with Crippen molar-refractivity contribution in [3.8, 4) is 10.6 Å². The summed E-state index contributed by atoms with van der Waals surface area (Å²) >= 11 is 1.55. The number of benzene rings is 4. The number of nitrogens with zero attached hydrogens (tertiary/aromatic N) is 1. The average molecular weight is 485 g/mol. The molecule has 4 aromatic carbocycles. The van der Waals surface area contributed by atoms with E-state index in [0.717, 1.165) is 26.2 Å². The van der Waals surface area contributed by atoms with Crippen molar-refractivity contribution in [1.82, 2.24) is 4.98 Å². The van der Waals surface area contributed by atoms with Gasteiger partial charge in [-0.1, -0.05) is 61.5 Å². The monoisotopic (exact) mass is 484 g/mol. The third-order valence-corrected chi connectivity index (χ3v) is 6.76. The molecule has 1 atom stereocenters. The molecule has 5 aromatic rings. The van der Waals surface area contributed by atoms with Crippen LogP contribution in [0.15, 0.2) is 84.9 Å². The van der Waals surface area contributed by atoms with Gasteiger partial charge < -0.3 is 10.1 Å². The van der Waals surface area contributed by atoms with Crippen LogP contribution in [0.25, 0.3) is 31.6 Å². The highest BCUT2D eigenvalue weighted by Crippen LogP contribution is 2.36. The number of hydrogen-bond acceptors (Lipinski definition) is 5. The first-order chi connectivity index (χ1) is 17.0. The van der Waals surface area contributed by atoms with Gasteiger partial charge in [-0.05, 0) is 42.1 Å². The maximum Gasteiger partial charge on any atom is 0.339 e. The Morgan fingerprint density at radius 1 is 0.971 bits per heavy atom. The molecule has 1 aromatic heterocycles. The number of aromatic nitrogens is 1. The summed E-state index contributed by atoms with van der Waals surface area (Å²) in [6, 6.07) is 24.9. The van der Waals surface area contributed by atoms with Gasteiger partial charge in [0.25, 0.3) is 5.91 Å². The van der Waals surface area contributed by atoms with Crippen molar-refractivity contribution < 1.29 is 18.7 Å². The molecule has 1 unspecified atom stereocenters. The van der Waals surface area contributed by atoms with E-state index >= 15 is 0 Å². The average Bonchev–Trinajstić information content (AvgIpc) is 3.32. The third-order valence-electron chi connectivity index (χ3n) is 5.69. The Bertz CT molecular complexity index is 1520. The van der Waals surface area contributed by atoms with Crippen LogP contribution in [0.5, 0.6) is 0 Å².